The van der Waals surface area contributed by atoms with Crippen molar-refractivity contribution >= 4 is 17.3 Å². The molecule has 0 heterocycles. The number of unbranched alkanes of at least 4 members (excludes halogenated alkanes) is 17. The van der Waals surface area contributed by atoms with E-state index in [2.05, 4.69) is 6.92 Å². The van der Waals surface area contributed by atoms with E-state index in [-0.39, 0.29) is 13.2 Å². The van der Waals surface area contributed by atoms with Gasteiger partial charge in [-0.1, -0.05) is 116 Å². The molecule has 4 heteroatoms. The van der Waals surface area contributed by atoms with Crippen LogP contribution in [0.25, 0.3) is 0 Å². The number of aliphatic hydroxyl groups excluding tert-OH is 2. The van der Waals surface area contributed by atoms with E-state index in [1.165, 1.54) is 109 Å². The Kier molecular flexibility index (Phi) is 22.9. The third-order valence-electron chi connectivity index (χ3n) is 5.38. The van der Waals surface area contributed by atoms with Gasteiger partial charge >= 0.3 is 0 Å². The van der Waals surface area contributed by atoms with Crippen molar-refractivity contribution in [1.29, 1.82) is 0 Å². The van der Waals surface area contributed by atoms with Crippen LogP contribution in [0.15, 0.2) is 0 Å². The lowest BCUT2D eigenvalue weighted by atomic mass is 10.0. The van der Waals surface area contributed by atoms with Gasteiger partial charge in [-0.3, -0.25) is 0 Å². The Labute approximate surface area is 180 Å². The van der Waals surface area contributed by atoms with Crippen LogP contribution in [0.3, 0.4) is 0 Å². The molecule has 1 unspecified atom stereocenters. The molecule has 0 aliphatic carbocycles. The quantitative estimate of drug-likeness (QED) is 0.146. The average Bonchev–Trinajstić information content (AvgIpc) is 2.71. The summed E-state index contributed by atoms with van der Waals surface area (Å²) >= 11 is 5.12. The summed E-state index contributed by atoms with van der Waals surface area (Å²) in [5.41, 5.74) is 0. The zero-order chi connectivity index (χ0) is 20.7. The fourth-order valence-electron chi connectivity index (χ4n) is 3.49. The molecule has 28 heavy (non-hydrogen) atoms. The van der Waals surface area contributed by atoms with Gasteiger partial charge < -0.3 is 14.9 Å². The summed E-state index contributed by atoms with van der Waals surface area (Å²) < 4.78 is 5.25. The molecule has 0 aliphatic heterocycles. The molecule has 0 aliphatic rings. The molecule has 1 atom stereocenters. The number of thiocarbonyl (C=S) groups is 1. The zero-order valence-corrected chi connectivity index (χ0v) is 19.5. The van der Waals surface area contributed by atoms with Gasteiger partial charge in [-0.05, 0) is 18.6 Å². The Morgan fingerprint density at radius 2 is 1.04 bits per heavy atom. The molecular formula is C24H48O3S. The first-order valence-corrected chi connectivity index (χ1v) is 12.6. The lowest BCUT2D eigenvalue weighted by Crippen LogP contribution is -2.21. The van der Waals surface area contributed by atoms with E-state index in [0.29, 0.717) is 5.05 Å². The van der Waals surface area contributed by atoms with E-state index < -0.39 is 6.10 Å². The van der Waals surface area contributed by atoms with E-state index in [1.807, 2.05) is 0 Å². The van der Waals surface area contributed by atoms with E-state index in [4.69, 9.17) is 22.1 Å². The van der Waals surface area contributed by atoms with E-state index >= 15 is 0 Å². The zero-order valence-electron chi connectivity index (χ0n) is 18.6. The van der Waals surface area contributed by atoms with Crippen molar-refractivity contribution < 1.29 is 14.9 Å². The lowest BCUT2D eigenvalue weighted by molar-refractivity contribution is 0.0498. The summed E-state index contributed by atoms with van der Waals surface area (Å²) in [5, 5.41) is 18.5. The van der Waals surface area contributed by atoms with Crippen LogP contribution in [0.2, 0.25) is 0 Å². The van der Waals surface area contributed by atoms with Gasteiger partial charge in [0.2, 0.25) is 0 Å². The van der Waals surface area contributed by atoms with Crippen molar-refractivity contribution in [3.63, 3.8) is 0 Å². The predicted octanol–water partition coefficient (Wildman–Crippen LogP) is 7.12. The molecular weight excluding hydrogens is 368 g/mol. The third-order valence-corrected chi connectivity index (χ3v) is 5.70. The molecule has 0 rings (SSSR count). The Morgan fingerprint density at radius 3 is 1.39 bits per heavy atom. The highest BCUT2D eigenvalue weighted by molar-refractivity contribution is 7.80. The molecule has 0 saturated heterocycles. The van der Waals surface area contributed by atoms with Crippen molar-refractivity contribution in [3.8, 4) is 0 Å². The minimum absolute atomic E-state index is 0.106. The number of hydrogen-bond acceptors (Lipinski definition) is 4. The fraction of sp³-hybridized carbons (Fsp3) is 0.958. The molecule has 0 saturated carbocycles. The smallest absolute Gasteiger partial charge is 0.159 e. The predicted molar refractivity (Wildman–Crippen MR) is 125 cm³/mol. The molecule has 168 valence electrons. The number of ether oxygens (including phenoxy) is 1. The third kappa shape index (κ3) is 22.1. The standard InChI is InChI=1S/C24H48O3S/c1-2-3-4-5-6-7-8-9-10-11-12-13-14-15-16-17-18-19-20-24(28)27-22-23(26)21-25/h23,25-26H,2-22H2,1H3. The molecule has 3 nitrogen and oxygen atoms in total. The van der Waals surface area contributed by atoms with E-state index in [9.17, 15) is 5.11 Å². The second kappa shape index (κ2) is 23.1. The molecule has 0 fully saturated rings. The maximum Gasteiger partial charge on any atom is 0.159 e. The summed E-state index contributed by atoms with van der Waals surface area (Å²) in [6.45, 7) is 2.11. The number of rotatable bonds is 22. The van der Waals surface area contributed by atoms with E-state index in [1.54, 1.807) is 0 Å². The van der Waals surface area contributed by atoms with Crippen LogP contribution < -0.4 is 0 Å². The van der Waals surface area contributed by atoms with Crippen molar-refractivity contribution in [3.05, 3.63) is 0 Å². The van der Waals surface area contributed by atoms with Crippen LogP contribution in [-0.4, -0.2) is 34.6 Å². The van der Waals surface area contributed by atoms with Crippen LogP contribution in [0.1, 0.15) is 129 Å². The lowest BCUT2D eigenvalue weighted by Gasteiger charge is -2.10. The first-order chi connectivity index (χ1) is 13.7. The van der Waals surface area contributed by atoms with Gasteiger partial charge in [0.05, 0.1) is 6.61 Å². The number of aliphatic hydroxyl groups is 2. The van der Waals surface area contributed by atoms with Gasteiger partial charge in [-0.25, -0.2) is 0 Å². The van der Waals surface area contributed by atoms with Gasteiger partial charge in [0, 0.05) is 6.42 Å². The minimum atomic E-state index is -0.821. The Hall–Kier alpha value is -0.190. The fourth-order valence-corrected chi connectivity index (χ4v) is 3.70. The molecule has 0 bridgehead atoms. The SMILES string of the molecule is CCCCCCCCCCCCCCCCCCCCC(=S)OCC(O)CO. The van der Waals surface area contributed by atoms with Crippen molar-refractivity contribution in [2.75, 3.05) is 13.2 Å². The monoisotopic (exact) mass is 416 g/mol. The second-order valence-electron chi connectivity index (χ2n) is 8.28. The van der Waals surface area contributed by atoms with Gasteiger partial charge in [-0.15, -0.1) is 0 Å². The Bertz CT molecular complexity index is 323. The Morgan fingerprint density at radius 1 is 0.679 bits per heavy atom. The van der Waals surface area contributed by atoms with Crippen LogP contribution >= 0.6 is 12.2 Å². The maximum absolute atomic E-state index is 9.20. The highest BCUT2D eigenvalue weighted by atomic mass is 32.1. The molecule has 2 N–H and O–H groups in total. The van der Waals surface area contributed by atoms with Crippen molar-refractivity contribution in [1.82, 2.24) is 0 Å². The molecule has 0 aromatic heterocycles. The number of hydrogen-bond donors (Lipinski definition) is 2. The van der Waals surface area contributed by atoms with Gasteiger partial charge in [0.1, 0.15) is 12.7 Å². The summed E-state index contributed by atoms with van der Waals surface area (Å²) in [5.74, 6) is 0. The molecule has 0 spiro atoms. The molecule has 0 aromatic rings. The highest BCUT2D eigenvalue weighted by Gasteiger charge is 2.04. The average molecular weight is 417 g/mol. The normalized spacial score (nSPS) is 12.2. The second-order valence-corrected chi connectivity index (χ2v) is 8.74. The van der Waals surface area contributed by atoms with Crippen LogP contribution in [0, 0.1) is 0 Å². The highest BCUT2D eigenvalue weighted by Crippen LogP contribution is 2.14. The molecule has 0 radical (unpaired) electrons. The largest absolute Gasteiger partial charge is 0.484 e. The van der Waals surface area contributed by atoms with E-state index in [0.717, 1.165) is 12.8 Å². The Balaban J connectivity index is 3.11. The topological polar surface area (TPSA) is 49.7 Å². The summed E-state index contributed by atoms with van der Waals surface area (Å²) in [4.78, 5) is 0. The first-order valence-electron chi connectivity index (χ1n) is 12.1. The summed E-state index contributed by atoms with van der Waals surface area (Å²) in [6.07, 6.45) is 24.7. The molecule has 0 aromatic carbocycles. The summed E-state index contributed by atoms with van der Waals surface area (Å²) in [7, 11) is 0. The van der Waals surface area contributed by atoms with Gasteiger partial charge in [0.25, 0.3) is 0 Å². The van der Waals surface area contributed by atoms with Crippen LogP contribution in [-0.2, 0) is 4.74 Å². The van der Waals surface area contributed by atoms with Crippen LogP contribution in [0.4, 0.5) is 0 Å². The van der Waals surface area contributed by atoms with Gasteiger partial charge in [-0.2, -0.15) is 0 Å². The molecule has 0 amide bonds. The maximum atomic E-state index is 9.20. The van der Waals surface area contributed by atoms with Crippen molar-refractivity contribution in [2.45, 2.75) is 135 Å². The van der Waals surface area contributed by atoms with Crippen LogP contribution in [0.5, 0.6) is 0 Å². The van der Waals surface area contributed by atoms with Gasteiger partial charge in [0.15, 0.2) is 5.05 Å². The summed E-state index contributed by atoms with van der Waals surface area (Å²) in [6, 6.07) is 0. The minimum Gasteiger partial charge on any atom is -0.484 e. The first kappa shape index (κ1) is 27.8. The van der Waals surface area contributed by atoms with Crippen molar-refractivity contribution in [2.24, 2.45) is 0 Å².